The van der Waals surface area contributed by atoms with Gasteiger partial charge in [0.2, 0.25) is 0 Å². The van der Waals surface area contributed by atoms with Crippen molar-refractivity contribution in [1.29, 1.82) is 0 Å². The monoisotopic (exact) mass is 260 g/mol. The Kier molecular flexibility index (Phi) is 3.57. The Morgan fingerprint density at radius 1 is 1.47 bits per heavy atom. The Bertz CT molecular complexity index is 588. The van der Waals surface area contributed by atoms with Gasteiger partial charge < -0.3 is 10.6 Å². The SMILES string of the molecule is CN(CC(C)(C)CN)C(=O)c1ccc2cn[nH]c2c1. The average molecular weight is 260 g/mol. The van der Waals surface area contributed by atoms with Gasteiger partial charge in [-0.3, -0.25) is 9.89 Å². The summed E-state index contributed by atoms with van der Waals surface area (Å²) in [6, 6.07) is 5.55. The summed E-state index contributed by atoms with van der Waals surface area (Å²) in [5.74, 6) is -0.00183. The van der Waals surface area contributed by atoms with Crippen LogP contribution in [0.2, 0.25) is 0 Å². The number of carbonyl (C=O) groups excluding carboxylic acids is 1. The van der Waals surface area contributed by atoms with E-state index < -0.39 is 0 Å². The van der Waals surface area contributed by atoms with Crippen molar-refractivity contribution in [3.05, 3.63) is 30.0 Å². The van der Waals surface area contributed by atoms with Gasteiger partial charge in [-0.05, 0) is 24.1 Å². The molecule has 1 heterocycles. The van der Waals surface area contributed by atoms with Gasteiger partial charge in [-0.15, -0.1) is 0 Å². The molecule has 0 unspecified atom stereocenters. The lowest BCUT2D eigenvalue weighted by molar-refractivity contribution is 0.0740. The maximum atomic E-state index is 12.4. The molecule has 0 fully saturated rings. The number of amides is 1. The molecule has 0 radical (unpaired) electrons. The van der Waals surface area contributed by atoms with E-state index in [9.17, 15) is 4.79 Å². The second kappa shape index (κ2) is 5.01. The zero-order chi connectivity index (χ0) is 14.0. The summed E-state index contributed by atoms with van der Waals surface area (Å²) < 4.78 is 0. The number of H-pyrrole nitrogens is 1. The first-order valence-corrected chi connectivity index (χ1v) is 6.32. The maximum Gasteiger partial charge on any atom is 0.253 e. The highest BCUT2D eigenvalue weighted by molar-refractivity contribution is 5.97. The van der Waals surface area contributed by atoms with Crippen molar-refractivity contribution >= 4 is 16.8 Å². The Morgan fingerprint density at radius 3 is 2.89 bits per heavy atom. The van der Waals surface area contributed by atoms with E-state index in [4.69, 9.17) is 5.73 Å². The van der Waals surface area contributed by atoms with E-state index >= 15 is 0 Å². The number of hydrogen-bond donors (Lipinski definition) is 2. The molecule has 0 bridgehead atoms. The van der Waals surface area contributed by atoms with Gasteiger partial charge in [-0.25, -0.2) is 0 Å². The maximum absolute atomic E-state index is 12.4. The van der Waals surface area contributed by atoms with Gasteiger partial charge in [-0.2, -0.15) is 5.10 Å². The number of nitrogens with zero attached hydrogens (tertiary/aromatic N) is 2. The first-order chi connectivity index (χ1) is 8.93. The van der Waals surface area contributed by atoms with Crippen LogP contribution in [0.3, 0.4) is 0 Å². The number of aromatic amines is 1. The lowest BCUT2D eigenvalue weighted by atomic mass is 9.93. The van der Waals surface area contributed by atoms with E-state index in [0.717, 1.165) is 10.9 Å². The van der Waals surface area contributed by atoms with E-state index in [0.29, 0.717) is 18.7 Å². The predicted molar refractivity (Wildman–Crippen MR) is 75.9 cm³/mol. The van der Waals surface area contributed by atoms with Gasteiger partial charge in [0.05, 0.1) is 11.7 Å². The first-order valence-electron chi connectivity index (χ1n) is 6.32. The van der Waals surface area contributed by atoms with Crippen molar-refractivity contribution in [2.75, 3.05) is 20.1 Å². The molecule has 0 aliphatic heterocycles. The molecule has 1 aromatic heterocycles. The van der Waals surface area contributed by atoms with Crippen molar-refractivity contribution < 1.29 is 4.79 Å². The van der Waals surface area contributed by atoms with Crippen LogP contribution < -0.4 is 5.73 Å². The summed E-state index contributed by atoms with van der Waals surface area (Å²) in [6.45, 7) is 5.28. The highest BCUT2D eigenvalue weighted by atomic mass is 16.2. The molecule has 0 spiro atoms. The predicted octanol–water partition coefficient (Wildman–Crippen LogP) is 1.62. The molecule has 2 aromatic rings. The Morgan fingerprint density at radius 2 is 2.21 bits per heavy atom. The summed E-state index contributed by atoms with van der Waals surface area (Å²) in [6.07, 6.45) is 1.74. The number of benzene rings is 1. The third-order valence-electron chi connectivity index (χ3n) is 3.25. The zero-order valence-corrected chi connectivity index (χ0v) is 11.6. The molecule has 5 nitrogen and oxygen atoms in total. The fourth-order valence-corrected chi connectivity index (χ4v) is 2.07. The van der Waals surface area contributed by atoms with Crippen LogP contribution in [0.5, 0.6) is 0 Å². The van der Waals surface area contributed by atoms with Crippen LogP contribution in [0.1, 0.15) is 24.2 Å². The Hall–Kier alpha value is -1.88. The topological polar surface area (TPSA) is 75.0 Å². The van der Waals surface area contributed by atoms with Crippen LogP contribution in [-0.4, -0.2) is 41.1 Å². The van der Waals surface area contributed by atoms with Crippen molar-refractivity contribution in [3.63, 3.8) is 0 Å². The van der Waals surface area contributed by atoms with Gasteiger partial charge >= 0.3 is 0 Å². The quantitative estimate of drug-likeness (QED) is 0.877. The Labute approximate surface area is 112 Å². The molecule has 1 amide bonds. The lowest BCUT2D eigenvalue weighted by Gasteiger charge is -2.29. The van der Waals surface area contributed by atoms with E-state index in [1.165, 1.54) is 0 Å². The van der Waals surface area contributed by atoms with Gasteiger partial charge in [0.25, 0.3) is 5.91 Å². The highest BCUT2D eigenvalue weighted by Gasteiger charge is 2.22. The van der Waals surface area contributed by atoms with Crippen molar-refractivity contribution in [3.8, 4) is 0 Å². The van der Waals surface area contributed by atoms with E-state index in [1.807, 2.05) is 18.2 Å². The number of hydrogen-bond acceptors (Lipinski definition) is 3. The molecule has 0 aliphatic rings. The van der Waals surface area contributed by atoms with E-state index in [-0.39, 0.29) is 11.3 Å². The molecule has 0 saturated heterocycles. The summed E-state index contributed by atoms with van der Waals surface area (Å²) in [5.41, 5.74) is 7.15. The lowest BCUT2D eigenvalue weighted by Crippen LogP contribution is -2.39. The van der Waals surface area contributed by atoms with Crippen LogP contribution >= 0.6 is 0 Å². The van der Waals surface area contributed by atoms with Crippen molar-refractivity contribution in [2.45, 2.75) is 13.8 Å². The fourth-order valence-electron chi connectivity index (χ4n) is 2.07. The standard InChI is InChI=1S/C14H20N4O/c1-14(2,8-15)9-18(3)13(19)10-4-5-11-7-16-17-12(11)6-10/h4-7H,8-9,15H2,1-3H3,(H,16,17). The largest absolute Gasteiger partial charge is 0.341 e. The minimum atomic E-state index is -0.0809. The number of carbonyl (C=O) groups is 1. The second-order valence-corrected chi connectivity index (χ2v) is 5.70. The molecule has 0 saturated carbocycles. The van der Waals surface area contributed by atoms with Gasteiger partial charge in [-0.1, -0.05) is 19.9 Å². The minimum absolute atomic E-state index is 0.00183. The molecule has 19 heavy (non-hydrogen) atoms. The summed E-state index contributed by atoms with van der Waals surface area (Å²) >= 11 is 0. The number of nitrogens with one attached hydrogen (secondary N) is 1. The van der Waals surface area contributed by atoms with Crippen LogP contribution in [0, 0.1) is 5.41 Å². The summed E-state index contributed by atoms with van der Waals surface area (Å²) in [4.78, 5) is 14.1. The Balaban J connectivity index is 2.18. The summed E-state index contributed by atoms with van der Waals surface area (Å²) in [5, 5.41) is 7.83. The number of fused-ring (bicyclic) bond motifs is 1. The number of rotatable bonds is 4. The number of aromatic nitrogens is 2. The molecule has 2 rings (SSSR count). The molecule has 0 aliphatic carbocycles. The van der Waals surface area contributed by atoms with E-state index in [1.54, 1.807) is 18.1 Å². The molecule has 0 atom stereocenters. The summed E-state index contributed by atoms with van der Waals surface area (Å²) in [7, 11) is 1.80. The smallest absolute Gasteiger partial charge is 0.253 e. The van der Waals surface area contributed by atoms with Crippen LogP contribution in [0.4, 0.5) is 0 Å². The van der Waals surface area contributed by atoms with Gasteiger partial charge in [0.15, 0.2) is 0 Å². The second-order valence-electron chi connectivity index (χ2n) is 5.70. The molecular weight excluding hydrogens is 240 g/mol. The van der Waals surface area contributed by atoms with Crippen molar-refractivity contribution in [1.82, 2.24) is 15.1 Å². The first kappa shape index (κ1) is 13.5. The van der Waals surface area contributed by atoms with Crippen LogP contribution in [0.15, 0.2) is 24.4 Å². The highest BCUT2D eigenvalue weighted by Crippen LogP contribution is 2.18. The minimum Gasteiger partial charge on any atom is -0.341 e. The van der Waals surface area contributed by atoms with Gasteiger partial charge in [0, 0.05) is 24.5 Å². The van der Waals surface area contributed by atoms with Crippen LogP contribution in [0.25, 0.3) is 10.9 Å². The third kappa shape index (κ3) is 2.93. The molecule has 1 aromatic carbocycles. The van der Waals surface area contributed by atoms with Crippen LogP contribution in [-0.2, 0) is 0 Å². The normalized spacial score (nSPS) is 11.8. The third-order valence-corrected chi connectivity index (χ3v) is 3.25. The van der Waals surface area contributed by atoms with Crippen molar-refractivity contribution in [2.24, 2.45) is 11.1 Å². The molecule has 102 valence electrons. The fraction of sp³-hybridized carbons (Fsp3) is 0.429. The van der Waals surface area contributed by atoms with E-state index in [2.05, 4.69) is 24.0 Å². The molecule has 3 N–H and O–H groups in total. The molecular formula is C14H20N4O. The number of nitrogens with two attached hydrogens (primary N) is 1. The van der Waals surface area contributed by atoms with Gasteiger partial charge in [0.1, 0.15) is 0 Å². The molecule has 5 heteroatoms. The zero-order valence-electron chi connectivity index (χ0n) is 11.6. The average Bonchev–Trinajstić information content (AvgIpc) is 2.84.